The minimum Gasteiger partial charge on any atom is -0.384 e. The summed E-state index contributed by atoms with van der Waals surface area (Å²) < 4.78 is 1.88. The van der Waals surface area contributed by atoms with E-state index in [9.17, 15) is 4.79 Å². The Morgan fingerprint density at radius 3 is 2.71 bits per heavy atom. The third kappa shape index (κ3) is 3.21. The molecule has 3 rings (SSSR count). The van der Waals surface area contributed by atoms with Crippen LogP contribution in [0.15, 0.2) is 36.4 Å². The van der Waals surface area contributed by atoms with E-state index in [-0.39, 0.29) is 16.9 Å². The Morgan fingerprint density at radius 1 is 1.25 bits per heavy atom. The smallest absolute Gasteiger partial charge is 0.255 e. The number of halogens is 1. The van der Waals surface area contributed by atoms with Gasteiger partial charge in [0, 0.05) is 23.9 Å². The van der Waals surface area contributed by atoms with Gasteiger partial charge in [-0.3, -0.25) is 4.79 Å². The lowest BCUT2D eigenvalue weighted by molar-refractivity contribution is 0.102. The summed E-state index contributed by atoms with van der Waals surface area (Å²) in [6.07, 6.45) is 0. The van der Waals surface area contributed by atoms with Crippen molar-refractivity contribution in [3.8, 4) is 11.4 Å². The summed E-state index contributed by atoms with van der Waals surface area (Å²) in [6, 6.07) is 10.3. The Kier molecular flexibility index (Phi) is 4.18. The molecule has 8 heteroatoms. The quantitative estimate of drug-likeness (QED) is 0.713. The zero-order valence-electron chi connectivity index (χ0n) is 13.1. The van der Waals surface area contributed by atoms with Crippen LogP contribution < -0.4 is 11.1 Å². The monoisotopic (exact) mass is 342 g/mol. The van der Waals surface area contributed by atoms with Crippen LogP contribution in [0.4, 0.5) is 11.5 Å². The number of pyridine rings is 1. The van der Waals surface area contributed by atoms with E-state index in [1.807, 2.05) is 36.7 Å². The van der Waals surface area contributed by atoms with E-state index in [0.717, 1.165) is 17.2 Å². The predicted octanol–water partition coefficient (Wildman–Crippen LogP) is 2.67. The molecule has 1 amide bonds. The van der Waals surface area contributed by atoms with Crippen molar-refractivity contribution in [2.45, 2.75) is 6.92 Å². The Bertz CT molecular complexity index is 900. The first-order chi connectivity index (χ1) is 11.4. The van der Waals surface area contributed by atoms with Gasteiger partial charge in [0.1, 0.15) is 16.8 Å². The molecule has 3 aromatic rings. The first-order valence-electron chi connectivity index (χ1n) is 7.15. The minimum atomic E-state index is -0.322. The minimum absolute atomic E-state index is 0.170. The van der Waals surface area contributed by atoms with Crippen LogP contribution in [0, 0.1) is 6.92 Å². The molecule has 7 nitrogen and oxygen atoms in total. The first-order valence-corrected chi connectivity index (χ1v) is 7.52. The van der Waals surface area contributed by atoms with E-state index in [1.54, 1.807) is 6.07 Å². The van der Waals surface area contributed by atoms with Gasteiger partial charge in [-0.05, 0) is 31.2 Å². The summed E-state index contributed by atoms with van der Waals surface area (Å²) in [5, 5.41) is 11.2. The number of carbonyl (C=O) groups excluding carboxylic acids is 1. The zero-order valence-corrected chi connectivity index (χ0v) is 13.9. The van der Waals surface area contributed by atoms with Crippen molar-refractivity contribution in [1.29, 1.82) is 0 Å². The molecule has 2 aromatic heterocycles. The second-order valence-electron chi connectivity index (χ2n) is 5.27. The van der Waals surface area contributed by atoms with Gasteiger partial charge in [0.05, 0.1) is 0 Å². The summed E-state index contributed by atoms with van der Waals surface area (Å²) in [7, 11) is 1.89. The van der Waals surface area contributed by atoms with Crippen LogP contribution >= 0.6 is 11.6 Å². The van der Waals surface area contributed by atoms with Gasteiger partial charge in [-0.15, -0.1) is 10.2 Å². The molecule has 0 aliphatic carbocycles. The molecule has 3 N–H and O–H groups in total. The standard InChI is InChI=1S/C16H15ClN6O/c1-9-21-22-15(23(9)2)10-4-3-5-12(6-10)19-16(24)11-7-13(17)20-14(18)8-11/h3-8H,1-2H3,(H2,18,20)(H,19,24). The van der Waals surface area contributed by atoms with Crippen molar-refractivity contribution in [2.24, 2.45) is 7.05 Å². The number of benzene rings is 1. The number of amides is 1. The normalized spacial score (nSPS) is 10.6. The largest absolute Gasteiger partial charge is 0.384 e. The van der Waals surface area contributed by atoms with Gasteiger partial charge in [0.2, 0.25) is 0 Å². The number of nitrogens with one attached hydrogen (secondary N) is 1. The molecule has 122 valence electrons. The Labute approximate surface area is 143 Å². The van der Waals surface area contributed by atoms with E-state index in [1.165, 1.54) is 12.1 Å². The first kappa shape index (κ1) is 15.9. The molecule has 1 aromatic carbocycles. The lowest BCUT2D eigenvalue weighted by Gasteiger charge is -2.08. The Balaban J connectivity index is 1.87. The van der Waals surface area contributed by atoms with E-state index < -0.39 is 0 Å². The number of hydrogen-bond acceptors (Lipinski definition) is 5. The molecule has 0 bridgehead atoms. The Morgan fingerprint density at radius 2 is 2.04 bits per heavy atom. The predicted molar refractivity (Wildman–Crippen MR) is 92.8 cm³/mol. The lowest BCUT2D eigenvalue weighted by Crippen LogP contribution is -2.12. The fraction of sp³-hybridized carbons (Fsp3) is 0.125. The highest BCUT2D eigenvalue weighted by Gasteiger charge is 2.11. The fourth-order valence-electron chi connectivity index (χ4n) is 2.25. The molecule has 24 heavy (non-hydrogen) atoms. The summed E-state index contributed by atoms with van der Waals surface area (Å²) in [6.45, 7) is 1.87. The maximum absolute atomic E-state index is 12.4. The molecular formula is C16H15ClN6O. The number of anilines is 2. The van der Waals surface area contributed by atoms with Crippen molar-refractivity contribution < 1.29 is 4.79 Å². The number of nitrogen functional groups attached to an aromatic ring is 1. The molecule has 2 heterocycles. The molecule has 0 radical (unpaired) electrons. The molecule has 0 saturated carbocycles. The molecule has 0 aliphatic heterocycles. The van der Waals surface area contributed by atoms with E-state index in [2.05, 4.69) is 20.5 Å². The van der Waals surface area contributed by atoms with Gasteiger partial charge in [-0.2, -0.15) is 0 Å². The van der Waals surface area contributed by atoms with E-state index in [0.29, 0.717) is 11.3 Å². The number of aromatic nitrogens is 4. The average Bonchev–Trinajstić information content (AvgIpc) is 2.86. The van der Waals surface area contributed by atoms with Gasteiger partial charge in [0.25, 0.3) is 5.91 Å². The third-order valence-electron chi connectivity index (χ3n) is 3.55. The van der Waals surface area contributed by atoms with Crippen LogP contribution in [0.5, 0.6) is 0 Å². The number of aryl methyl sites for hydroxylation is 1. The molecule has 0 saturated heterocycles. The number of carbonyl (C=O) groups is 1. The highest BCUT2D eigenvalue weighted by Crippen LogP contribution is 2.22. The van der Waals surface area contributed by atoms with Crippen LogP contribution in [-0.2, 0) is 7.05 Å². The Hall–Kier alpha value is -2.93. The molecular weight excluding hydrogens is 328 g/mol. The summed E-state index contributed by atoms with van der Waals surface area (Å²) >= 11 is 5.83. The highest BCUT2D eigenvalue weighted by atomic mass is 35.5. The summed E-state index contributed by atoms with van der Waals surface area (Å²) in [4.78, 5) is 16.2. The van der Waals surface area contributed by atoms with Crippen molar-refractivity contribution in [3.05, 3.63) is 52.9 Å². The van der Waals surface area contributed by atoms with Gasteiger partial charge in [-0.1, -0.05) is 23.7 Å². The summed E-state index contributed by atoms with van der Waals surface area (Å²) in [5.41, 5.74) is 7.44. The van der Waals surface area contributed by atoms with Gasteiger partial charge >= 0.3 is 0 Å². The van der Waals surface area contributed by atoms with Crippen molar-refractivity contribution in [3.63, 3.8) is 0 Å². The molecule has 0 atom stereocenters. The number of nitrogens with two attached hydrogens (primary N) is 1. The van der Waals surface area contributed by atoms with Crippen molar-refractivity contribution >= 4 is 29.0 Å². The van der Waals surface area contributed by atoms with Crippen LogP contribution in [0.2, 0.25) is 5.15 Å². The van der Waals surface area contributed by atoms with Crippen molar-refractivity contribution in [2.75, 3.05) is 11.1 Å². The number of rotatable bonds is 3. The fourth-order valence-corrected chi connectivity index (χ4v) is 2.46. The average molecular weight is 343 g/mol. The molecule has 0 spiro atoms. The second kappa shape index (κ2) is 6.29. The maximum atomic E-state index is 12.4. The van der Waals surface area contributed by atoms with Gasteiger partial charge in [0.15, 0.2) is 5.82 Å². The van der Waals surface area contributed by atoms with E-state index in [4.69, 9.17) is 17.3 Å². The van der Waals surface area contributed by atoms with Crippen LogP contribution in [0.1, 0.15) is 16.2 Å². The highest BCUT2D eigenvalue weighted by molar-refractivity contribution is 6.30. The second-order valence-corrected chi connectivity index (χ2v) is 5.66. The molecule has 0 aliphatic rings. The van der Waals surface area contributed by atoms with E-state index >= 15 is 0 Å². The topological polar surface area (TPSA) is 98.7 Å². The number of hydrogen-bond donors (Lipinski definition) is 2. The zero-order chi connectivity index (χ0) is 17.3. The van der Waals surface area contributed by atoms with Crippen LogP contribution in [-0.4, -0.2) is 25.7 Å². The van der Waals surface area contributed by atoms with Crippen LogP contribution in [0.3, 0.4) is 0 Å². The maximum Gasteiger partial charge on any atom is 0.255 e. The SMILES string of the molecule is Cc1nnc(-c2cccc(NC(=O)c3cc(N)nc(Cl)c3)c2)n1C. The van der Waals surface area contributed by atoms with Crippen molar-refractivity contribution in [1.82, 2.24) is 19.7 Å². The molecule has 0 unspecified atom stereocenters. The number of nitrogens with zero attached hydrogens (tertiary/aromatic N) is 4. The third-order valence-corrected chi connectivity index (χ3v) is 3.74. The lowest BCUT2D eigenvalue weighted by atomic mass is 10.1. The van der Waals surface area contributed by atoms with Gasteiger partial charge < -0.3 is 15.6 Å². The van der Waals surface area contributed by atoms with Crippen LogP contribution in [0.25, 0.3) is 11.4 Å². The van der Waals surface area contributed by atoms with Gasteiger partial charge in [-0.25, -0.2) is 4.98 Å². The molecule has 0 fully saturated rings. The summed E-state index contributed by atoms with van der Waals surface area (Å²) in [5.74, 6) is 1.40.